The molecule has 4 aromatic rings. The fourth-order valence-corrected chi connectivity index (χ4v) is 3.85. The maximum absolute atomic E-state index is 13.1. The van der Waals surface area contributed by atoms with E-state index in [1.807, 2.05) is 19.9 Å². The van der Waals surface area contributed by atoms with Gasteiger partial charge in [-0.25, -0.2) is 9.48 Å². The normalized spacial score (nSPS) is 10.7. The predicted octanol–water partition coefficient (Wildman–Crippen LogP) is 4.22. The summed E-state index contributed by atoms with van der Waals surface area (Å²) in [5.74, 6) is -0.902. The summed E-state index contributed by atoms with van der Waals surface area (Å²) in [6.45, 7) is 5.07. The number of Topliss-reactive ketones (excluding diaryl/α,β-unsaturated/α-hetero) is 1. The van der Waals surface area contributed by atoms with E-state index in [4.69, 9.17) is 4.84 Å². The summed E-state index contributed by atoms with van der Waals surface area (Å²) in [4.78, 5) is 42.0. The lowest BCUT2D eigenvalue weighted by Crippen LogP contribution is -2.16. The lowest BCUT2D eigenvalue weighted by atomic mass is 10.1. The minimum absolute atomic E-state index is 0.0626. The number of fused-ring (bicyclic) bond motifs is 1. The molecule has 1 amide bonds. The lowest BCUT2D eigenvalue weighted by molar-refractivity contribution is -0.140. The molecule has 1 N–H and O–H groups in total. The fraction of sp³-hybridized carbons (Fsp3) is 0.192. The minimum Gasteiger partial charge on any atom is -0.337 e. The van der Waals surface area contributed by atoms with Crippen molar-refractivity contribution in [2.24, 2.45) is 0 Å². The summed E-state index contributed by atoms with van der Waals surface area (Å²) >= 11 is 0. The van der Waals surface area contributed by atoms with Crippen LogP contribution in [0.2, 0.25) is 0 Å². The molecule has 0 aliphatic heterocycles. The summed E-state index contributed by atoms with van der Waals surface area (Å²) < 4.78 is 2.90. The maximum atomic E-state index is 13.1. The molecule has 0 aliphatic carbocycles. The van der Waals surface area contributed by atoms with E-state index >= 15 is 0 Å². The zero-order chi connectivity index (χ0) is 25.1. The Bertz CT molecular complexity index is 1490. The Morgan fingerprint density at radius 1 is 1.11 bits per heavy atom. The third-order valence-corrected chi connectivity index (χ3v) is 5.53. The summed E-state index contributed by atoms with van der Waals surface area (Å²) in [7, 11) is 0. The smallest absolute Gasteiger partial charge is 0.329 e. The van der Waals surface area contributed by atoms with Gasteiger partial charge in [-0.15, -0.1) is 0 Å². The lowest BCUT2D eigenvalue weighted by Gasteiger charge is -2.08. The van der Waals surface area contributed by atoms with Gasteiger partial charge >= 0.3 is 5.97 Å². The van der Waals surface area contributed by atoms with E-state index in [-0.39, 0.29) is 11.3 Å². The Kier molecular flexibility index (Phi) is 6.46. The molecule has 0 unspecified atom stereocenters. The second kappa shape index (κ2) is 9.65. The number of aromatic nitrogens is 3. The number of hydrogen-bond donors (Lipinski definition) is 1. The molecule has 2 aromatic carbocycles. The summed E-state index contributed by atoms with van der Waals surface area (Å²) in [5, 5.41) is 16.9. The number of carbonyl (C=O) groups excluding carboxylic acids is 3. The van der Waals surface area contributed by atoms with Crippen molar-refractivity contribution < 1.29 is 19.2 Å². The van der Waals surface area contributed by atoms with Crippen molar-refractivity contribution in [2.75, 3.05) is 5.32 Å². The molecule has 0 spiro atoms. The molecule has 2 aromatic heterocycles. The minimum atomic E-state index is -0.540. The average molecular weight is 470 g/mol. The van der Waals surface area contributed by atoms with Gasteiger partial charge in [0, 0.05) is 24.4 Å². The second-order valence-corrected chi connectivity index (χ2v) is 8.02. The Balaban J connectivity index is 1.59. The van der Waals surface area contributed by atoms with Crippen LogP contribution in [0.25, 0.3) is 16.6 Å². The Hall–Kier alpha value is -4.71. The van der Waals surface area contributed by atoms with Crippen LogP contribution in [-0.2, 0) is 4.79 Å². The van der Waals surface area contributed by atoms with Gasteiger partial charge in [0.05, 0.1) is 52.1 Å². The van der Waals surface area contributed by atoms with Crippen molar-refractivity contribution in [1.29, 1.82) is 5.26 Å². The molecule has 4 rings (SSSR count). The molecule has 0 atom stereocenters. The summed E-state index contributed by atoms with van der Waals surface area (Å²) in [6.07, 6.45) is 4.24. The molecule has 0 saturated carbocycles. The highest BCUT2D eigenvalue weighted by atomic mass is 16.7. The van der Waals surface area contributed by atoms with Gasteiger partial charge in [0.15, 0.2) is 5.78 Å². The van der Waals surface area contributed by atoms with Gasteiger partial charge in [0.25, 0.3) is 5.91 Å². The third-order valence-electron chi connectivity index (χ3n) is 5.53. The van der Waals surface area contributed by atoms with Crippen molar-refractivity contribution in [3.05, 3.63) is 77.2 Å². The number of carbonyl (C=O) groups is 3. The second-order valence-electron chi connectivity index (χ2n) is 8.02. The first-order valence-corrected chi connectivity index (χ1v) is 11.1. The van der Waals surface area contributed by atoms with Gasteiger partial charge in [-0.3, -0.25) is 9.59 Å². The molecule has 2 heterocycles. The number of nitrogens with zero attached hydrogens (tertiary/aromatic N) is 4. The molecule has 0 bridgehead atoms. The van der Waals surface area contributed by atoms with Gasteiger partial charge in [-0.2, -0.15) is 15.1 Å². The van der Waals surface area contributed by atoms with Gasteiger partial charge in [0.1, 0.15) is 0 Å². The number of benzene rings is 2. The van der Waals surface area contributed by atoms with E-state index in [1.54, 1.807) is 53.3 Å². The van der Waals surface area contributed by atoms with Gasteiger partial charge in [0.2, 0.25) is 0 Å². The van der Waals surface area contributed by atoms with Gasteiger partial charge < -0.3 is 10.2 Å². The first-order chi connectivity index (χ1) is 16.8. The van der Waals surface area contributed by atoms with Crippen molar-refractivity contribution >= 4 is 34.3 Å². The molecule has 9 nitrogen and oxygen atoms in total. The molecule has 0 aliphatic rings. The van der Waals surface area contributed by atoms with Crippen LogP contribution in [0.1, 0.15) is 58.7 Å². The summed E-state index contributed by atoms with van der Waals surface area (Å²) in [5.41, 5.74) is 3.77. The quantitative estimate of drug-likeness (QED) is 0.405. The van der Waals surface area contributed by atoms with E-state index < -0.39 is 11.9 Å². The molecule has 0 saturated heterocycles. The van der Waals surface area contributed by atoms with Crippen molar-refractivity contribution in [1.82, 2.24) is 14.5 Å². The van der Waals surface area contributed by atoms with Crippen molar-refractivity contribution in [3.63, 3.8) is 0 Å². The van der Waals surface area contributed by atoms with E-state index in [2.05, 4.69) is 10.4 Å². The number of ketones is 1. The third kappa shape index (κ3) is 4.68. The van der Waals surface area contributed by atoms with Crippen molar-refractivity contribution in [3.8, 4) is 11.8 Å². The van der Waals surface area contributed by atoms with E-state index in [0.717, 1.165) is 17.8 Å². The first-order valence-electron chi connectivity index (χ1n) is 11.1. The topological polar surface area (TPSA) is 119 Å². The standard InChI is InChI=1S/C26H23N5O4/c1-4-5-25(33)22-14-28-31(16(22)2)20-9-7-19(8-10-20)29-26(34)23-15-30(35-17(3)32)24-11-6-18(13-27)12-21(23)24/h6-12,14-15H,4-5H2,1-3H3,(H,29,34). The first kappa shape index (κ1) is 23.4. The maximum Gasteiger partial charge on any atom is 0.329 e. The molecular formula is C26H23N5O4. The monoisotopic (exact) mass is 469 g/mol. The van der Waals surface area contributed by atoms with Crippen LogP contribution in [0.3, 0.4) is 0 Å². The largest absolute Gasteiger partial charge is 0.337 e. The van der Waals surface area contributed by atoms with Crippen LogP contribution in [0.15, 0.2) is 54.9 Å². The van der Waals surface area contributed by atoms with Crippen LogP contribution in [0.4, 0.5) is 5.69 Å². The van der Waals surface area contributed by atoms with E-state index in [0.29, 0.717) is 34.1 Å². The molecule has 9 heteroatoms. The molecular weight excluding hydrogens is 446 g/mol. The zero-order valence-corrected chi connectivity index (χ0v) is 19.5. The molecule has 35 heavy (non-hydrogen) atoms. The number of nitrogens with one attached hydrogen (secondary N) is 1. The summed E-state index contributed by atoms with van der Waals surface area (Å²) in [6, 6.07) is 13.9. The van der Waals surface area contributed by atoms with Crippen LogP contribution < -0.4 is 10.2 Å². The Morgan fingerprint density at radius 2 is 1.86 bits per heavy atom. The number of rotatable bonds is 7. The number of amides is 1. The highest BCUT2D eigenvalue weighted by Crippen LogP contribution is 2.24. The Morgan fingerprint density at radius 3 is 2.51 bits per heavy atom. The SMILES string of the molecule is CCCC(=O)c1cnn(-c2ccc(NC(=O)c3cn(OC(C)=O)c4ccc(C#N)cc34)cc2)c1C. The van der Waals surface area contributed by atoms with Crippen LogP contribution in [-0.4, -0.2) is 32.2 Å². The zero-order valence-electron chi connectivity index (χ0n) is 19.5. The highest BCUT2D eigenvalue weighted by molar-refractivity contribution is 6.13. The fourth-order valence-electron chi connectivity index (χ4n) is 3.85. The van der Waals surface area contributed by atoms with E-state index in [1.165, 1.54) is 17.9 Å². The predicted molar refractivity (Wildman–Crippen MR) is 129 cm³/mol. The molecule has 0 fully saturated rings. The highest BCUT2D eigenvalue weighted by Gasteiger charge is 2.18. The van der Waals surface area contributed by atoms with Crippen LogP contribution in [0, 0.1) is 18.3 Å². The van der Waals surface area contributed by atoms with Gasteiger partial charge in [-0.1, -0.05) is 6.92 Å². The van der Waals surface area contributed by atoms with Crippen LogP contribution in [0.5, 0.6) is 0 Å². The molecule has 0 radical (unpaired) electrons. The van der Waals surface area contributed by atoms with Crippen LogP contribution >= 0.6 is 0 Å². The Labute approximate surface area is 201 Å². The van der Waals surface area contributed by atoms with Crippen molar-refractivity contribution in [2.45, 2.75) is 33.6 Å². The number of nitriles is 1. The van der Waals surface area contributed by atoms with E-state index in [9.17, 15) is 19.6 Å². The number of anilines is 1. The van der Waals surface area contributed by atoms with Gasteiger partial charge in [-0.05, 0) is 55.8 Å². The average Bonchev–Trinajstić information content (AvgIpc) is 3.39. The number of hydrogen-bond acceptors (Lipinski definition) is 6. The molecule has 176 valence electrons.